The number of hydrogen-bond acceptors (Lipinski definition) is 6. The van der Waals surface area contributed by atoms with Gasteiger partial charge in [0.05, 0.1) is 13.2 Å². The molecule has 120 valence electrons. The van der Waals surface area contributed by atoms with Gasteiger partial charge < -0.3 is 29.2 Å². The lowest BCUT2D eigenvalue weighted by Gasteiger charge is -2.46. The summed E-state index contributed by atoms with van der Waals surface area (Å²) in [6.45, 7) is 4.01. The monoisotopic (exact) mass is 308 g/mol. The van der Waals surface area contributed by atoms with Crippen LogP contribution in [0.4, 0.5) is 0 Å². The van der Waals surface area contributed by atoms with Crippen molar-refractivity contribution in [2.24, 2.45) is 0 Å². The van der Waals surface area contributed by atoms with Crippen LogP contribution in [0.3, 0.4) is 0 Å². The van der Waals surface area contributed by atoms with Crippen molar-refractivity contribution in [1.82, 2.24) is 0 Å². The molecule has 2 aliphatic heterocycles. The molecule has 0 spiro atoms. The first-order chi connectivity index (χ1) is 10.7. The Balaban J connectivity index is 1.69. The van der Waals surface area contributed by atoms with Gasteiger partial charge in [0.15, 0.2) is 12.6 Å². The molecule has 0 amide bonds. The lowest BCUT2D eigenvalue weighted by molar-refractivity contribution is -0.360. The van der Waals surface area contributed by atoms with E-state index in [-0.39, 0.29) is 13.2 Å². The van der Waals surface area contributed by atoms with Crippen LogP contribution in [0.5, 0.6) is 0 Å². The highest BCUT2D eigenvalue weighted by molar-refractivity contribution is 5.16. The van der Waals surface area contributed by atoms with Crippen LogP contribution in [0.1, 0.15) is 11.9 Å². The average molecular weight is 308 g/mol. The zero-order valence-corrected chi connectivity index (χ0v) is 12.1. The van der Waals surface area contributed by atoms with Crippen molar-refractivity contribution in [3.05, 3.63) is 48.6 Å². The van der Waals surface area contributed by atoms with Gasteiger partial charge in [-0.1, -0.05) is 36.4 Å². The molecule has 6 nitrogen and oxygen atoms in total. The first-order valence-electron chi connectivity index (χ1n) is 7.27. The molecular formula is C16H20O6. The van der Waals surface area contributed by atoms with E-state index in [1.807, 2.05) is 30.3 Å². The van der Waals surface area contributed by atoms with E-state index in [2.05, 4.69) is 6.58 Å². The largest absolute Gasteiger partial charge is 0.387 e. The van der Waals surface area contributed by atoms with Crippen molar-refractivity contribution in [3.8, 4) is 0 Å². The molecule has 1 aromatic rings. The van der Waals surface area contributed by atoms with E-state index in [9.17, 15) is 10.2 Å². The third-order valence-electron chi connectivity index (χ3n) is 3.78. The van der Waals surface area contributed by atoms with Gasteiger partial charge in [-0.3, -0.25) is 0 Å². The van der Waals surface area contributed by atoms with Crippen molar-refractivity contribution in [2.45, 2.75) is 37.0 Å². The van der Waals surface area contributed by atoms with Crippen LogP contribution in [0.2, 0.25) is 0 Å². The summed E-state index contributed by atoms with van der Waals surface area (Å²) >= 11 is 0. The summed E-state index contributed by atoms with van der Waals surface area (Å²) < 4.78 is 22.4. The van der Waals surface area contributed by atoms with Crippen LogP contribution >= 0.6 is 0 Å². The second-order valence-electron chi connectivity index (χ2n) is 5.32. The Bertz CT molecular complexity index is 491. The van der Waals surface area contributed by atoms with Gasteiger partial charge in [0.1, 0.15) is 24.4 Å². The van der Waals surface area contributed by atoms with Crippen LogP contribution < -0.4 is 0 Å². The molecule has 2 N–H and O–H groups in total. The van der Waals surface area contributed by atoms with E-state index in [4.69, 9.17) is 18.9 Å². The predicted octanol–water partition coefficient (Wildman–Crippen LogP) is 0.750. The van der Waals surface area contributed by atoms with Crippen molar-refractivity contribution >= 4 is 0 Å². The maximum Gasteiger partial charge on any atom is 0.187 e. The van der Waals surface area contributed by atoms with E-state index >= 15 is 0 Å². The van der Waals surface area contributed by atoms with Crippen LogP contribution in [0.25, 0.3) is 0 Å². The van der Waals surface area contributed by atoms with Crippen molar-refractivity contribution in [2.75, 3.05) is 13.2 Å². The molecule has 6 heteroatoms. The predicted molar refractivity (Wildman–Crippen MR) is 76.8 cm³/mol. The zero-order valence-electron chi connectivity index (χ0n) is 12.1. The molecular weight excluding hydrogens is 288 g/mol. The van der Waals surface area contributed by atoms with Crippen molar-refractivity contribution in [1.29, 1.82) is 0 Å². The third-order valence-corrected chi connectivity index (χ3v) is 3.78. The van der Waals surface area contributed by atoms with Crippen molar-refractivity contribution < 1.29 is 29.2 Å². The summed E-state index contributed by atoms with van der Waals surface area (Å²) in [4.78, 5) is 0. The first kappa shape index (κ1) is 15.6. The molecule has 1 unspecified atom stereocenters. The molecule has 2 fully saturated rings. The third kappa shape index (κ3) is 3.08. The highest BCUT2D eigenvalue weighted by Gasteiger charge is 2.49. The molecule has 22 heavy (non-hydrogen) atoms. The van der Waals surface area contributed by atoms with Crippen molar-refractivity contribution in [3.63, 3.8) is 0 Å². The number of benzene rings is 1. The molecule has 6 atom stereocenters. The van der Waals surface area contributed by atoms with Gasteiger partial charge in [0, 0.05) is 5.56 Å². The Morgan fingerprint density at radius 2 is 1.95 bits per heavy atom. The van der Waals surface area contributed by atoms with E-state index in [1.165, 1.54) is 0 Å². The quantitative estimate of drug-likeness (QED) is 0.799. The van der Waals surface area contributed by atoms with Crippen LogP contribution in [-0.2, 0) is 18.9 Å². The summed E-state index contributed by atoms with van der Waals surface area (Å²) in [6, 6.07) is 9.44. The normalized spacial score (nSPS) is 38.3. The fourth-order valence-electron chi connectivity index (χ4n) is 2.66. The average Bonchev–Trinajstić information content (AvgIpc) is 2.57. The smallest absolute Gasteiger partial charge is 0.187 e. The molecule has 0 saturated carbocycles. The molecule has 1 aromatic carbocycles. The molecule has 2 saturated heterocycles. The topological polar surface area (TPSA) is 77.4 Å². The summed E-state index contributed by atoms with van der Waals surface area (Å²) in [5.41, 5.74) is 0.854. The molecule has 2 heterocycles. The highest BCUT2D eigenvalue weighted by atomic mass is 16.8. The summed E-state index contributed by atoms with van der Waals surface area (Å²) in [6.07, 6.45) is -3.41. The molecule has 0 radical (unpaired) electrons. The van der Waals surface area contributed by atoms with E-state index in [1.54, 1.807) is 6.08 Å². The molecule has 2 aliphatic rings. The Morgan fingerprint density at radius 3 is 2.68 bits per heavy atom. The van der Waals surface area contributed by atoms with Gasteiger partial charge in [0.2, 0.25) is 0 Å². The first-order valence-corrected chi connectivity index (χ1v) is 7.27. The molecule has 0 bridgehead atoms. The second kappa shape index (κ2) is 6.87. The van der Waals surface area contributed by atoms with Gasteiger partial charge in [-0.15, -0.1) is 6.58 Å². The minimum absolute atomic E-state index is 0.222. The van der Waals surface area contributed by atoms with Gasteiger partial charge in [-0.25, -0.2) is 0 Å². The van der Waals surface area contributed by atoms with E-state index in [0.29, 0.717) is 0 Å². The zero-order chi connectivity index (χ0) is 15.5. The highest BCUT2D eigenvalue weighted by Crippen LogP contribution is 2.34. The van der Waals surface area contributed by atoms with Gasteiger partial charge in [0.25, 0.3) is 0 Å². The molecule has 0 aromatic heterocycles. The van der Waals surface area contributed by atoms with E-state index < -0.39 is 37.0 Å². The van der Waals surface area contributed by atoms with Crippen LogP contribution in [-0.4, -0.2) is 54.1 Å². The minimum Gasteiger partial charge on any atom is -0.387 e. The number of hydrogen-bond donors (Lipinski definition) is 2. The Kier molecular flexibility index (Phi) is 4.87. The molecule has 3 rings (SSSR count). The fraction of sp³-hybridized carbons (Fsp3) is 0.500. The SMILES string of the molecule is C=CCO[C@H]1O[C@@H]2COC(c3ccccc3)O[C@H]2[C@H](O)[C@H]1O. The standard InChI is InChI=1S/C16H20O6/c1-2-8-19-16-13(18)12(17)14-11(21-16)9-20-15(22-14)10-6-4-3-5-7-10/h2-7,11-18H,1,8-9H2/t11-,12-,13-,14-,15?,16+/m1/s1. The van der Waals surface area contributed by atoms with Gasteiger partial charge in [-0.2, -0.15) is 0 Å². The number of aliphatic hydroxyl groups excluding tert-OH is 2. The summed E-state index contributed by atoms with van der Waals surface area (Å²) in [5.74, 6) is 0. The number of ether oxygens (including phenoxy) is 4. The number of fused-ring (bicyclic) bond motifs is 1. The lowest BCUT2D eigenvalue weighted by atomic mass is 9.98. The molecule has 0 aliphatic carbocycles. The Hall–Kier alpha value is -1.28. The maximum atomic E-state index is 10.3. The Morgan fingerprint density at radius 1 is 1.18 bits per heavy atom. The van der Waals surface area contributed by atoms with Crippen LogP contribution in [0, 0.1) is 0 Å². The lowest BCUT2D eigenvalue weighted by Crippen LogP contribution is -2.62. The van der Waals surface area contributed by atoms with Gasteiger partial charge in [-0.05, 0) is 0 Å². The second-order valence-corrected chi connectivity index (χ2v) is 5.32. The number of rotatable bonds is 4. The van der Waals surface area contributed by atoms with E-state index in [0.717, 1.165) is 5.56 Å². The minimum atomic E-state index is -1.18. The Labute approximate surface area is 128 Å². The summed E-state index contributed by atoms with van der Waals surface area (Å²) in [5, 5.41) is 20.4. The number of aliphatic hydroxyl groups is 2. The maximum absolute atomic E-state index is 10.3. The van der Waals surface area contributed by atoms with Crippen LogP contribution in [0.15, 0.2) is 43.0 Å². The summed E-state index contributed by atoms with van der Waals surface area (Å²) in [7, 11) is 0. The van der Waals surface area contributed by atoms with Gasteiger partial charge >= 0.3 is 0 Å². The fourth-order valence-corrected chi connectivity index (χ4v) is 2.66.